The Kier molecular flexibility index (Phi) is 5.07. The molecule has 130 valence electrons. The number of rotatable bonds is 5. The molecular weight excluding hydrogens is 332 g/mol. The van der Waals surface area contributed by atoms with E-state index in [4.69, 9.17) is 4.74 Å². The predicted molar refractivity (Wildman–Crippen MR) is 91.1 cm³/mol. The number of fused-ring (bicyclic) bond motifs is 1. The van der Waals surface area contributed by atoms with Crippen LogP contribution in [0.2, 0.25) is 0 Å². The lowest BCUT2D eigenvalue weighted by atomic mass is 10.3. The summed E-state index contributed by atoms with van der Waals surface area (Å²) in [6.07, 6.45) is 0. The van der Waals surface area contributed by atoms with Crippen LogP contribution in [0.4, 0.5) is 5.13 Å². The summed E-state index contributed by atoms with van der Waals surface area (Å²) in [5.41, 5.74) is -0.232. The fourth-order valence-electron chi connectivity index (χ4n) is 2.33. The van der Waals surface area contributed by atoms with Gasteiger partial charge in [0.25, 0.3) is 11.5 Å². The van der Waals surface area contributed by atoms with E-state index in [1.54, 1.807) is 0 Å². The maximum Gasteiger partial charge on any atom is 0.274 e. The Hall–Kier alpha value is -2.04. The van der Waals surface area contributed by atoms with Crippen LogP contribution in [0.25, 0.3) is 4.96 Å². The molecule has 0 unspecified atom stereocenters. The zero-order valence-electron chi connectivity index (χ0n) is 13.7. The first kappa shape index (κ1) is 16.8. The van der Waals surface area contributed by atoms with Crippen LogP contribution in [0, 0.1) is 0 Å². The average Bonchev–Trinajstić information content (AvgIpc) is 2.98. The number of amides is 1. The van der Waals surface area contributed by atoms with Gasteiger partial charge in [-0.05, 0) is 14.1 Å². The van der Waals surface area contributed by atoms with Gasteiger partial charge >= 0.3 is 0 Å². The van der Waals surface area contributed by atoms with Crippen LogP contribution in [0.5, 0.6) is 0 Å². The molecule has 3 rings (SSSR count). The molecule has 9 nitrogen and oxygen atoms in total. The van der Waals surface area contributed by atoms with Crippen molar-refractivity contribution in [3.63, 3.8) is 0 Å². The Morgan fingerprint density at radius 3 is 2.88 bits per heavy atom. The topological polar surface area (TPSA) is 92.1 Å². The zero-order chi connectivity index (χ0) is 17.1. The number of nitrogens with one attached hydrogen (secondary N) is 1. The average molecular weight is 352 g/mol. The van der Waals surface area contributed by atoms with Crippen LogP contribution in [-0.4, -0.2) is 78.9 Å². The molecule has 0 bridgehead atoms. The maximum atomic E-state index is 12.4. The summed E-state index contributed by atoms with van der Waals surface area (Å²) in [5.74, 6) is -0.329. The van der Waals surface area contributed by atoms with Gasteiger partial charge in [0.15, 0.2) is 0 Å². The first-order chi connectivity index (χ1) is 11.5. The quantitative estimate of drug-likeness (QED) is 0.759. The van der Waals surface area contributed by atoms with E-state index < -0.39 is 5.56 Å². The van der Waals surface area contributed by atoms with E-state index in [0.717, 1.165) is 18.2 Å². The highest BCUT2D eigenvalue weighted by Gasteiger charge is 2.20. The van der Waals surface area contributed by atoms with Gasteiger partial charge < -0.3 is 19.9 Å². The Bertz CT molecular complexity index is 780. The van der Waals surface area contributed by atoms with Crippen LogP contribution >= 0.6 is 11.3 Å². The Labute approximate surface area is 142 Å². The van der Waals surface area contributed by atoms with Gasteiger partial charge in [0.1, 0.15) is 5.69 Å². The van der Waals surface area contributed by atoms with E-state index in [1.807, 2.05) is 19.0 Å². The third-order valence-electron chi connectivity index (χ3n) is 3.60. The molecular formula is C14H20N6O3S. The van der Waals surface area contributed by atoms with Gasteiger partial charge in [-0.3, -0.25) is 9.59 Å². The summed E-state index contributed by atoms with van der Waals surface area (Å²) in [4.78, 5) is 32.6. The third kappa shape index (κ3) is 3.71. The predicted octanol–water partition coefficient (Wildman–Crippen LogP) is -0.721. The molecule has 1 N–H and O–H groups in total. The standard InChI is InChI=1S/C14H20N6O3S/c1-18(2)4-3-15-12(22)10-9-11(21)16-13-20(10)17-14(24-13)19-5-7-23-8-6-19/h9H,3-8H2,1-2H3,(H,15,22). The number of anilines is 1. The van der Waals surface area contributed by atoms with Crippen molar-refractivity contribution < 1.29 is 9.53 Å². The molecule has 1 aliphatic rings. The summed E-state index contributed by atoms with van der Waals surface area (Å²) in [7, 11) is 3.85. The summed E-state index contributed by atoms with van der Waals surface area (Å²) >= 11 is 1.30. The number of hydrogen-bond donors (Lipinski definition) is 1. The first-order valence-electron chi connectivity index (χ1n) is 7.71. The smallest absolute Gasteiger partial charge is 0.274 e. The van der Waals surface area contributed by atoms with Crippen molar-refractivity contribution in [1.82, 2.24) is 24.8 Å². The fraction of sp³-hybridized carbons (Fsp3) is 0.571. The van der Waals surface area contributed by atoms with Crippen LogP contribution in [-0.2, 0) is 4.74 Å². The van der Waals surface area contributed by atoms with Crippen molar-refractivity contribution in [2.75, 3.05) is 58.4 Å². The lowest BCUT2D eigenvalue weighted by molar-refractivity contribution is 0.0943. The fourth-order valence-corrected chi connectivity index (χ4v) is 3.29. The van der Waals surface area contributed by atoms with E-state index in [0.29, 0.717) is 31.3 Å². The van der Waals surface area contributed by atoms with Gasteiger partial charge in [-0.2, -0.15) is 9.50 Å². The van der Waals surface area contributed by atoms with Crippen molar-refractivity contribution in [1.29, 1.82) is 0 Å². The van der Waals surface area contributed by atoms with Gasteiger partial charge in [-0.25, -0.2) is 0 Å². The number of carbonyl (C=O) groups excluding carboxylic acids is 1. The summed E-state index contributed by atoms with van der Waals surface area (Å²) in [6.45, 7) is 3.94. The van der Waals surface area contributed by atoms with Crippen LogP contribution in [0.3, 0.4) is 0 Å². The number of nitrogens with zero attached hydrogens (tertiary/aromatic N) is 5. The number of ether oxygens (including phenoxy) is 1. The molecule has 1 fully saturated rings. The monoisotopic (exact) mass is 352 g/mol. The number of likely N-dealkylation sites (N-methyl/N-ethyl adjacent to an activating group) is 1. The molecule has 0 radical (unpaired) electrons. The van der Waals surface area contributed by atoms with Crippen molar-refractivity contribution >= 4 is 27.3 Å². The van der Waals surface area contributed by atoms with Crippen molar-refractivity contribution in [3.05, 3.63) is 22.1 Å². The van der Waals surface area contributed by atoms with Crippen molar-refractivity contribution in [3.8, 4) is 0 Å². The molecule has 2 aromatic rings. The molecule has 0 aromatic carbocycles. The molecule has 0 atom stereocenters. The molecule has 0 saturated carbocycles. The minimum Gasteiger partial charge on any atom is -0.378 e. The summed E-state index contributed by atoms with van der Waals surface area (Å²) in [5, 5.41) is 8.01. The highest BCUT2D eigenvalue weighted by Crippen LogP contribution is 2.23. The molecule has 1 saturated heterocycles. The SMILES string of the molecule is CN(C)CCNC(=O)c1cc(=O)nc2sc(N3CCOCC3)nn12. The highest BCUT2D eigenvalue weighted by atomic mass is 32.1. The van der Waals surface area contributed by atoms with Gasteiger partial charge in [-0.1, -0.05) is 11.3 Å². The zero-order valence-corrected chi connectivity index (χ0v) is 14.5. The van der Waals surface area contributed by atoms with Crippen LogP contribution < -0.4 is 15.8 Å². The minimum absolute atomic E-state index is 0.208. The second-order valence-corrected chi connectivity index (χ2v) is 6.65. The molecule has 0 spiro atoms. The molecule has 1 aliphatic heterocycles. The van der Waals surface area contributed by atoms with E-state index >= 15 is 0 Å². The Morgan fingerprint density at radius 2 is 2.17 bits per heavy atom. The highest BCUT2D eigenvalue weighted by molar-refractivity contribution is 7.20. The van der Waals surface area contributed by atoms with Gasteiger partial charge in [0, 0.05) is 32.2 Å². The second kappa shape index (κ2) is 7.24. The molecule has 3 heterocycles. The summed E-state index contributed by atoms with van der Waals surface area (Å²) in [6, 6.07) is 1.22. The number of morpholine rings is 1. The lowest BCUT2D eigenvalue weighted by Gasteiger charge is -2.25. The van der Waals surface area contributed by atoms with Gasteiger partial charge in [-0.15, -0.1) is 5.10 Å². The van der Waals surface area contributed by atoms with E-state index in [1.165, 1.54) is 21.9 Å². The largest absolute Gasteiger partial charge is 0.378 e. The molecule has 24 heavy (non-hydrogen) atoms. The normalized spacial score (nSPS) is 15.2. The molecule has 10 heteroatoms. The minimum atomic E-state index is -0.440. The summed E-state index contributed by atoms with van der Waals surface area (Å²) < 4.78 is 6.78. The first-order valence-corrected chi connectivity index (χ1v) is 8.53. The molecule has 1 amide bonds. The Morgan fingerprint density at radius 1 is 1.42 bits per heavy atom. The molecule has 2 aromatic heterocycles. The maximum absolute atomic E-state index is 12.4. The van der Waals surface area contributed by atoms with Crippen LogP contribution in [0.1, 0.15) is 10.5 Å². The van der Waals surface area contributed by atoms with Gasteiger partial charge in [0.2, 0.25) is 10.1 Å². The third-order valence-corrected chi connectivity index (χ3v) is 4.57. The van der Waals surface area contributed by atoms with E-state index in [-0.39, 0.29) is 11.6 Å². The Balaban J connectivity index is 1.88. The van der Waals surface area contributed by atoms with E-state index in [2.05, 4.69) is 20.3 Å². The lowest BCUT2D eigenvalue weighted by Crippen LogP contribution is -2.36. The van der Waals surface area contributed by atoms with Gasteiger partial charge in [0.05, 0.1) is 13.2 Å². The molecule has 0 aliphatic carbocycles. The number of carbonyl (C=O) groups is 1. The van der Waals surface area contributed by atoms with Crippen molar-refractivity contribution in [2.24, 2.45) is 0 Å². The number of aromatic nitrogens is 3. The van der Waals surface area contributed by atoms with E-state index in [9.17, 15) is 9.59 Å². The number of hydrogen-bond acceptors (Lipinski definition) is 8. The van der Waals surface area contributed by atoms with Crippen LogP contribution in [0.15, 0.2) is 10.9 Å². The van der Waals surface area contributed by atoms with Crippen molar-refractivity contribution in [2.45, 2.75) is 0 Å². The second-order valence-electron chi connectivity index (χ2n) is 5.72.